The van der Waals surface area contributed by atoms with Crippen LogP contribution in [0.25, 0.3) is 22.4 Å². The molecule has 0 aliphatic carbocycles. The van der Waals surface area contributed by atoms with Crippen LogP contribution in [0.4, 0.5) is 5.95 Å². The van der Waals surface area contributed by atoms with Crippen molar-refractivity contribution in [2.45, 2.75) is 31.5 Å². The first kappa shape index (κ1) is 26.0. The first-order chi connectivity index (χ1) is 18.2. The van der Waals surface area contributed by atoms with E-state index in [0.29, 0.717) is 38.2 Å². The highest BCUT2D eigenvalue weighted by atomic mass is 35.5. The molecule has 12 heteroatoms. The normalized spacial score (nSPS) is 18.2. The highest BCUT2D eigenvalue weighted by Gasteiger charge is 2.24. The molecule has 0 bridgehead atoms. The number of pyridine rings is 1. The summed E-state index contributed by atoms with van der Waals surface area (Å²) in [7, 11) is 0. The minimum absolute atomic E-state index is 0. The molecule has 4 aromatic rings. The lowest BCUT2D eigenvalue weighted by atomic mass is 10.1. The summed E-state index contributed by atoms with van der Waals surface area (Å²) in [6.45, 7) is 4.18. The number of hydrogen-bond acceptors (Lipinski definition) is 9. The van der Waals surface area contributed by atoms with Crippen LogP contribution in [0, 0.1) is 0 Å². The highest BCUT2D eigenvalue weighted by Crippen LogP contribution is 2.24. The molecule has 198 valence electrons. The molecule has 11 nitrogen and oxygen atoms in total. The fourth-order valence-corrected chi connectivity index (χ4v) is 4.85. The smallest absolute Gasteiger partial charge is 0.266 e. The van der Waals surface area contributed by atoms with Crippen molar-refractivity contribution in [1.29, 1.82) is 0 Å². The molecule has 0 radical (unpaired) electrons. The standard InChI is InChI=1S/C26H29N9O2.ClH/c36-25-2-1-24(19-3-7-27-8-4-19)32-35(25)18-23-17-33(11-12-37-23)26-29-13-20(14-30-26)21-15-31-34(16-21)22-5-9-28-10-6-22;/h1-4,7-8,13-16,22-23,28H,5-6,9-12,17-18H2;1H/t23-;/m0./s1. The van der Waals surface area contributed by atoms with Gasteiger partial charge < -0.3 is 15.0 Å². The second-order valence-corrected chi connectivity index (χ2v) is 9.38. The van der Waals surface area contributed by atoms with Gasteiger partial charge >= 0.3 is 0 Å². The number of anilines is 1. The van der Waals surface area contributed by atoms with Crippen LogP contribution in [0.3, 0.4) is 0 Å². The second-order valence-electron chi connectivity index (χ2n) is 9.38. The van der Waals surface area contributed by atoms with Crippen LogP contribution in [0.5, 0.6) is 0 Å². The third-order valence-electron chi connectivity index (χ3n) is 6.90. The Bertz CT molecular complexity index is 1390. The number of piperidine rings is 1. The maximum absolute atomic E-state index is 12.5. The van der Waals surface area contributed by atoms with E-state index in [0.717, 1.165) is 48.3 Å². The second kappa shape index (κ2) is 11.8. The van der Waals surface area contributed by atoms with Crippen molar-refractivity contribution in [1.82, 2.24) is 39.8 Å². The number of aromatic nitrogens is 7. The predicted molar refractivity (Wildman–Crippen MR) is 145 cm³/mol. The van der Waals surface area contributed by atoms with Crippen LogP contribution in [-0.2, 0) is 11.3 Å². The SMILES string of the molecule is Cl.O=c1ccc(-c2ccncc2)nn1C[C@@H]1CN(c2ncc(-c3cnn(C4CCNCC4)c3)cn2)CCO1. The van der Waals surface area contributed by atoms with Crippen LogP contribution in [0.1, 0.15) is 18.9 Å². The molecule has 2 aliphatic heterocycles. The largest absolute Gasteiger partial charge is 0.373 e. The zero-order valence-corrected chi connectivity index (χ0v) is 21.7. The summed E-state index contributed by atoms with van der Waals surface area (Å²) in [5.41, 5.74) is 3.42. The van der Waals surface area contributed by atoms with Gasteiger partial charge in [0.05, 0.1) is 37.2 Å². The molecular weight excluding hydrogens is 506 g/mol. The van der Waals surface area contributed by atoms with E-state index in [1.165, 1.54) is 4.68 Å². The Hall–Kier alpha value is -3.67. The molecule has 1 atom stereocenters. The Kier molecular flexibility index (Phi) is 8.06. The van der Waals surface area contributed by atoms with Crippen LogP contribution in [-0.4, -0.2) is 73.4 Å². The van der Waals surface area contributed by atoms with E-state index in [2.05, 4.69) is 46.2 Å². The fraction of sp³-hybridized carbons (Fsp3) is 0.385. The van der Waals surface area contributed by atoms with Gasteiger partial charge in [-0.3, -0.25) is 14.5 Å². The van der Waals surface area contributed by atoms with Crippen LogP contribution in [0.2, 0.25) is 0 Å². The summed E-state index contributed by atoms with van der Waals surface area (Å²) in [6.07, 6.45) is 13.1. The fourth-order valence-electron chi connectivity index (χ4n) is 4.85. The number of rotatable bonds is 6. The van der Waals surface area contributed by atoms with Gasteiger partial charge in [-0.15, -0.1) is 12.4 Å². The number of halogens is 1. The number of ether oxygens (including phenoxy) is 1. The molecule has 2 fully saturated rings. The van der Waals surface area contributed by atoms with E-state index in [9.17, 15) is 4.79 Å². The Morgan fingerprint density at radius 1 is 0.974 bits per heavy atom. The van der Waals surface area contributed by atoms with Crippen molar-refractivity contribution in [3.63, 3.8) is 0 Å². The van der Waals surface area contributed by atoms with Crippen LogP contribution < -0.4 is 15.8 Å². The van der Waals surface area contributed by atoms with E-state index in [-0.39, 0.29) is 24.1 Å². The summed E-state index contributed by atoms with van der Waals surface area (Å²) >= 11 is 0. The minimum Gasteiger partial charge on any atom is -0.373 e. The van der Waals surface area contributed by atoms with E-state index in [4.69, 9.17) is 4.74 Å². The van der Waals surface area contributed by atoms with Gasteiger partial charge in [0, 0.05) is 66.8 Å². The molecule has 0 unspecified atom stereocenters. The Morgan fingerprint density at radius 3 is 2.55 bits per heavy atom. The molecule has 6 heterocycles. The molecule has 6 rings (SSSR count). The topological polar surface area (TPSA) is 116 Å². The number of nitrogens with zero attached hydrogens (tertiary/aromatic N) is 8. The molecule has 4 aromatic heterocycles. The van der Waals surface area contributed by atoms with Gasteiger partial charge in [0.2, 0.25) is 5.95 Å². The number of nitrogens with one attached hydrogen (secondary N) is 1. The van der Waals surface area contributed by atoms with Crippen molar-refractivity contribution in [3.8, 4) is 22.4 Å². The molecule has 38 heavy (non-hydrogen) atoms. The van der Waals surface area contributed by atoms with Crippen LogP contribution >= 0.6 is 12.4 Å². The Labute approximate surface area is 226 Å². The molecular formula is C26H30ClN9O2. The van der Waals surface area contributed by atoms with Crippen molar-refractivity contribution >= 4 is 18.4 Å². The molecule has 2 aliphatic rings. The van der Waals surface area contributed by atoms with Crippen LogP contribution in [0.15, 0.2) is 66.2 Å². The summed E-state index contributed by atoms with van der Waals surface area (Å²) in [5, 5.41) is 12.5. The molecule has 0 amide bonds. The lowest BCUT2D eigenvalue weighted by Gasteiger charge is -2.33. The maximum Gasteiger partial charge on any atom is 0.266 e. The average molecular weight is 536 g/mol. The van der Waals surface area contributed by atoms with Crippen molar-refractivity contribution in [2.24, 2.45) is 0 Å². The predicted octanol–water partition coefficient (Wildman–Crippen LogP) is 2.21. The van der Waals surface area contributed by atoms with Crippen molar-refractivity contribution in [3.05, 3.63) is 71.8 Å². The highest BCUT2D eigenvalue weighted by molar-refractivity contribution is 5.85. The van der Waals surface area contributed by atoms with E-state index in [1.807, 2.05) is 30.7 Å². The lowest BCUT2D eigenvalue weighted by Crippen LogP contribution is -2.46. The van der Waals surface area contributed by atoms with E-state index >= 15 is 0 Å². The van der Waals surface area contributed by atoms with Gasteiger partial charge in [-0.2, -0.15) is 10.2 Å². The Balaban J connectivity index is 0.00000294. The van der Waals surface area contributed by atoms with Gasteiger partial charge in [-0.25, -0.2) is 14.6 Å². The van der Waals surface area contributed by atoms with Gasteiger partial charge in [-0.1, -0.05) is 0 Å². The molecule has 0 aromatic carbocycles. The van der Waals surface area contributed by atoms with E-state index in [1.54, 1.807) is 24.5 Å². The third-order valence-corrected chi connectivity index (χ3v) is 6.90. The molecule has 2 saturated heterocycles. The van der Waals surface area contributed by atoms with Gasteiger partial charge in [-0.05, 0) is 44.1 Å². The molecule has 1 N–H and O–H groups in total. The zero-order valence-electron chi connectivity index (χ0n) is 20.9. The summed E-state index contributed by atoms with van der Waals surface area (Å²) in [6, 6.07) is 7.45. The number of hydrogen-bond donors (Lipinski definition) is 1. The minimum atomic E-state index is -0.210. The zero-order chi connectivity index (χ0) is 25.0. The molecule has 0 spiro atoms. The summed E-state index contributed by atoms with van der Waals surface area (Å²) in [4.78, 5) is 27.9. The third kappa shape index (κ3) is 5.74. The van der Waals surface area contributed by atoms with Gasteiger partial charge in [0.1, 0.15) is 0 Å². The van der Waals surface area contributed by atoms with Gasteiger partial charge in [0.15, 0.2) is 0 Å². The van der Waals surface area contributed by atoms with Crippen molar-refractivity contribution < 1.29 is 4.74 Å². The molecule has 0 saturated carbocycles. The quantitative estimate of drug-likeness (QED) is 0.396. The lowest BCUT2D eigenvalue weighted by molar-refractivity contribution is 0.0260. The summed E-state index contributed by atoms with van der Waals surface area (Å²) < 4.78 is 9.50. The first-order valence-electron chi connectivity index (χ1n) is 12.7. The monoisotopic (exact) mass is 535 g/mol. The van der Waals surface area contributed by atoms with Gasteiger partial charge in [0.25, 0.3) is 5.56 Å². The van der Waals surface area contributed by atoms with Crippen molar-refractivity contribution in [2.75, 3.05) is 37.7 Å². The maximum atomic E-state index is 12.5. The number of morpholine rings is 1. The average Bonchev–Trinajstić information content (AvgIpc) is 3.46. The van der Waals surface area contributed by atoms with E-state index < -0.39 is 0 Å². The first-order valence-corrected chi connectivity index (χ1v) is 12.7. The summed E-state index contributed by atoms with van der Waals surface area (Å²) in [5.74, 6) is 0.647. The Morgan fingerprint density at radius 2 is 1.76 bits per heavy atom.